The fourth-order valence-corrected chi connectivity index (χ4v) is 5.74. The van der Waals surface area contributed by atoms with Gasteiger partial charge in [0.05, 0.1) is 29.1 Å². The highest BCUT2D eigenvalue weighted by molar-refractivity contribution is 6.23. The van der Waals surface area contributed by atoms with Gasteiger partial charge in [-0.3, -0.25) is 34.1 Å². The molecule has 7 rings (SSSR count). The number of imide groups is 2. The summed E-state index contributed by atoms with van der Waals surface area (Å²) in [5.41, 5.74) is 3.54. The van der Waals surface area contributed by atoms with E-state index in [1.807, 2.05) is 16.9 Å². The molecule has 1 unspecified atom stereocenters. The van der Waals surface area contributed by atoms with Crippen LogP contribution in [0, 0.1) is 5.92 Å². The van der Waals surface area contributed by atoms with Crippen LogP contribution in [0.5, 0.6) is 0 Å². The third-order valence-electron chi connectivity index (χ3n) is 8.08. The van der Waals surface area contributed by atoms with Crippen molar-refractivity contribution in [3.8, 4) is 5.69 Å². The second-order valence-electron chi connectivity index (χ2n) is 10.7. The molecule has 3 fully saturated rings. The maximum absolute atomic E-state index is 13.1. The van der Waals surface area contributed by atoms with Gasteiger partial charge in [-0.2, -0.15) is 10.2 Å². The van der Waals surface area contributed by atoms with Gasteiger partial charge in [-0.15, -0.1) is 0 Å². The van der Waals surface area contributed by atoms with Crippen LogP contribution in [-0.4, -0.2) is 60.7 Å². The molecule has 194 valence electrons. The number of nitrogens with one attached hydrogen (secondary N) is 2. The quantitative estimate of drug-likeness (QED) is 0.464. The van der Waals surface area contributed by atoms with Crippen molar-refractivity contribution >= 4 is 29.3 Å². The molecule has 1 aromatic carbocycles. The number of anilines is 1. The van der Waals surface area contributed by atoms with E-state index in [9.17, 15) is 19.2 Å². The van der Waals surface area contributed by atoms with Crippen LogP contribution in [0.1, 0.15) is 76.9 Å². The number of amides is 4. The van der Waals surface area contributed by atoms with Gasteiger partial charge >= 0.3 is 0 Å². The van der Waals surface area contributed by atoms with Crippen LogP contribution in [0.4, 0.5) is 5.69 Å². The van der Waals surface area contributed by atoms with Crippen molar-refractivity contribution in [1.82, 2.24) is 29.8 Å². The summed E-state index contributed by atoms with van der Waals surface area (Å²) in [4.78, 5) is 50.7. The van der Waals surface area contributed by atoms with Gasteiger partial charge in [0, 0.05) is 37.0 Å². The first-order chi connectivity index (χ1) is 18.5. The molecule has 38 heavy (non-hydrogen) atoms. The van der Waals surface area contributed by atoms with E-state index in [0.29, 0.717) is 17.9 Å². The number of carbonyl (C=O) groups is 4. The Morgan fingerprint density at radius 2 is 1.84 bits per heavy atom. The number of piperidine rings is 1. The van der Waals surface area contributed by atoms with Crippen molar-refractivity contribution in [1.29, 1.82) is 0 Å². The minimum Gasteiger partial charge on any atom is -0.385 e. The molecule has 0 spiro atoms. The van der Waals surface area contributed by atoms with Crippen molar-refractivity contribution < 1.29 is 19.2 Å². The Morgan fingerprint density at radius 3 is 2.58 bits per heavy atom. The van der Waals surface area contributed by atoms with Gasteiger partial charge in [0.2, 0.25) is 11.8 Å². The van der Waals surface area contributed by atoms with Crippen LogP contribution in [0.3, 0.4) is 0 Å². The molecule has 4 heterocycles. The second-order valence-corrected chi connectivity index (χ2v) is 10.7. The predicted molar refractivity (Wildman–Crippen MR) is 135 cm³/mol. The molecule has 1 atom stereocenters. The van der Waals surface area contributed by atoms with Crippen LogP contribution in [0.2, 0.25) is 0 Å². The third-order valence-corrected chi connectivity index (χ3v) is 8.08. The van der Waals surface area contributed by atoms with Crippen molar-refractivity contribution in [3.05, 3.63) is 59.7 Å². The van der Waals surface area contributed by atoms with E-state index >= 15 is 0 Å². The van der Waals surface area contributed by atoms with Crippen molar-refractivity contribution in [2.75, 3.05) is 11.9 Å². The Labute approximate surface area is 218 Å². The molecule has 1 saturated heterocycles. The summed E-state index contributed by atoms with van der Waals surface area (Å²) in [6, 6.07) is 6.43. The van der Waals surface area contributed by atoms with Crippen LogP contribution < -0.4 is 10.6 Å². The summed E-state index contributed by atoms with van der Waals surface area (Å²) in [6.07, 6.45) is 10.5. The lowest BCUT2D eigenvalue weighted by Gasteiger charge is -2.35. The fraction of sp³-hybridized carbons (Fsp3) is 0.407. The minimum absolute atomic E-state index is 0.101. The minimum atomic E-state index is -0.958. The zero-order valence-electron chi connectivity index (χ0n) is 20.7. The third kappa shape index (κ3) is 3.80. The predicted octanol–water partition coefficient (Wildman–Crippen LogP) is 2.41. The lowest BCUT2D eigenvalue weighted by Crippen LogP contribution is -2.54. The van der Waals surface area contributed by atoms with E-state index in [1.165, 1.54) is 12.8 Å². The zero-order valence-corrected chi connectivity index (χ0v) is 20.7. The van der Waals surface area contributed by atoms with E-state index in [4.69, 9.17) is 5.10 Å². The standard InChI is InChI=1S/C27H27N7O4/c35-23-7-6-21(25(36)30-23)34-26(37)19-5-4-17(12-20(19)27(34)38)28-13-15-10-18(11-15)33-14-22(32-9-1-8-29-32)24(31-33)16-2-3-16/h1,4-5,8-9,12,14-16,18,21,28H,2-3,6-7,10-11,13H2,(H,30,35,36). The number of hydrogen-bond donors (Lipinski definition) is 2. The molecule has 2 aliphatic heterocycles. The highest BCUT2D eigenvalue weighted by Gasteiger charge is 2.44. The summed E-state index contributed by atoms with van der Waals surface area (Å²) >= 11 is 0. The second kappa shape index (κ2) is 8.64. The first kappa shape index (κ1) is 22.9. The van der Waals surface area contributed by atoms with Gasteiger partial charge in [0.1, 0.15) is 11.7 Å². The first-order valence-electron chi connectivity index (χ1n) is 13.1. The summed E-state index contributed by atoms with van der Waals surface area (Å²) in [6.45, 7) is 0.747. The summed E-state index contributed by atoms with van der Waals surface area (Å²) < 4.78 is 4.00. The molecule has 2 saturated carbocycles. The molecule has 11 nitrogen and oxygen atoms in total. The van der Waals surface area contributed by atoms with Crippen LogP contribution in [0.15, 0.2) is 42.9 Å². The van der Waals surface area contributed by atoms with Gasteiger partial charge in [-0.25, -0.2) is 4.68 Å². The van der Waals surface area contributed by atoms with E-state index in [2.05, 4.69) is 26.6 Å². The average molecular weight is 514 g/mol. The Bertz CT molecular complexity index is 1470. The summed E-state index contributed by atoms with van der Waals surface area (Å²) in [7, 11) is 0. The number of nitrogens with zero attached hydrogens (tertiary/aromatic N) is 5. The van der Waals surface area contributed by atoms with Crippen LogP contribution in [-0.2, 0) is 9.59 Å². The SMILES string of the molecule is O=C1CCC(N2C(=O)c3ccc(NCC4CC(n5cc(-n6cccn6)c(C6CC6)n5)C4)cc3C2=O)C(=O)N1. The van der Waals surface area contributed by atoms with E-state index in [0.717, 1.165) is 41.4 Å². The maximum Gasteiger partial charge on any atom is 0.262 e. The number of aromatic nitrogens is 4. The highest BCUT2D eigenvalue weighted by atomic mass is 16.2. The number of benzene rings is 1. The van der Waals surface area contributed by atoms with Crippen molar-refractivity contribution in [2.24, 2.45) is 5.92 Å². The maximum atomic E-state index is 13.1. The number of rotatable bonds is 7. The van der Waals surface area contributed by atoms with E-state index in [-0.39, 0.29) is 29.9 Å². The normalized spacial score (nSPS) is 24.8. The molecule has 2 aliphatic carbocycles. The number of carbonyl (C=O) groups excluding carboxylic acids is 4. The molecule has 4 amide bonds. The monoisotopic (exact) mass is 513 g/mol. The lowest BCUT2D eigenvalue weighted by atomic mass is 9.80. The van der Waals surface area contributed by atoms with Crippen molar-refractivity contribution in [3.63, 3.8) is 0 Å². The molecule has 11 heteroatoms. The molecule has 3 aromatic rings. The Balaban J connectivity index is 0.985. The Kier molecular flexibility index (Phi) is 5.20. The smallest absolute Gasteiger partial charge is 0.262 e. The number of hydrogen-bond acceptors (Lipinski definition) is 7. The van der Waals surface area contributed by atoms with Gasteiger partial charge < -0.3 is 5.32 Å². The van der Waals surface area contributed by atoms with Gasteiger partial charge in [0.15, 0.2) is 0 Å². The molecular formula is C27H27N7O4. The fourth-order valence-electron chi connectivity index (χ4n) is 5.74. The van der Waals surface area contributed by atoms with Crippen molar-refractivity contribution in [2.45, 2.75) is 56.5 Å². The zero-order chi connectivity index (χ0) is 26.0. The topological polar surface area (TPSA) is 131 Å². The largest absolute Gasteiger partial charge is 0.385 e. The highest BCUT2D eigenvalue weighted by Crippen LogP contribution is 2.44. The van der Waals surface area contributed by atoms with Crippen LogP contribution >= 0.6 is 0 Å². The lowest BCUT2D eigenvalue weighted by molar-refractivity contribution is -0.136. The van der Waals surface area contributed by atoms with Gasteiger partial charge in [0.25, 0.3) is 11.8 Å². The molecule has 4 aliphatic rings. The Hall–Kier alpha value is -4.28. The molecule has 0 radical (unpaired) electrons. The van der Waals surface area contributed by atoms with Gasteiger partial charge in [-0.05, 0) is 62.3 Å². The van der Waals surface area contributed by atoms with E-state index < -0.39 is 23.8 Å². The summed E-state index contributed by atoms with van der Waals surface area (Å²) in [5, 5.41) is 15.0. The average Bonchev–Trinajstić information content (AvgIpc) is 3.29. The summed E-state index contributed by atoms with van der Waals surface area (Å²) in [5.74, 6) is -0.980. The van der Waals surface area contributed by atoms with E-state index in [1.54, 1.807) is 24.4 Å². The first-order valence-corrected chi connectivity index (χ1v) is 13.1. The number of fused-ring (bicyclic) bond motifs is 1. The van der Waals surface area contributed by atoms with Gasteiger partial charge in [-0.1, -0.05) is 0 Å². The van der Waals surface area contributed by atoms with Crippen LogP contribution in [0.25, 0.3) is 5.69 Å². The molecule has 2 aromatic heterocycles. The molecule has 0 bridgehead atoms. The molecular weight excluding hydrogens is 486 g/mol. The molecule has 2 N–H and O–H groups in total. The Morgan fingerprint density at radius 1 is 1.03 bits per heavy atom.